The molecule has 3 aromatic carbocycles. The van der Waals surface area contributed by atoms with Crippen LogP contribution in [0.5, 0.6) is 5.75 Å². The predicted molar refractivity (Wildman–Crippen MR) is 130 cm³/mol. The number of ether oxygens (including phenoxy) is 1. The summed E-state index contributed by atoms with van der Waals surface area (Å²) in [6, 6.07) is 24.0. The Morgan fingerprint density at radius 2 is 1.50 bits per heavy atom. The fourth-order valence-corrected chi connectivity index (χ4v) is 3.21. The van der Waals surface area contributed by atoms with Crippen molar-refractivity contribution in [2.45, 2.75) is 26.9 Å². The van der Waals surface area contributed by atoms with Crippen molar-refractivity contribution in [3.63, 3.8) is 0 Å². The molecule has 0 bridgehead atoms. The van der Waals surface area contributed by atoms with Gasteiger partial charge in [0.15, 0.2) is 0 Å². The first-order valence-electron chi connectivity index (χ1n) is 10.7. The molecule has 0 aromatic heterocycles. The van der Waals surface area contributed by atoms with Gasteiger partial charge in [-0.3, -0.25) is 9.59 Å². The largest absolute Gasteiger partial charge is 0.491 e. The average molecular weight is 432 g/mol. The third kappa shape index (κ3) is 6.35. The van der Waals surface area contributed by atoms with Crippen molar-refractivity contribution in [2.75, 3.05) is 28.6 Å². The molecule has 2 amide bonds. The maximum atomic E-state index is 12.9. The average Bonchev–Trinajstić information content (AvgIpc) is 2.80. The second kappa shape index (κ2) is 11.0. The zero-order valence-corrected chi connectivity index (χ0v) is 18.7. The van der Waals surface area contributed by atoms with Crippen molar-refractivity contribution < 1.29 is 14.3 Å². The molecule has 0 unspecified atom stereocenters. The van der Waals surface area contributed by atoms with Crippen molar-refractivity contribution in [3.05, 3.63) is 84.4 Å². The highest BCUT2D eigenvalue weighted by Crippen LogP contribution is 2.19. The number of hydrogen-bond donors (Lipinski definition) is 2. The van der Waals surface area contributed by atoms with Gasteiger partial charge in [0, 0.05) is 29.2 Å². The standard InChI is InChI=1S/C26H29N3O3/c1-4-29(23-8-6-5-7-9-23)26(31)20-10-12-22(13-11-20)28-25(30)18-27-21-14-16-24(17-15-21)32-19(2)3/h5-17,19,27H,4,18H2,1-3H3,(H,28,30). The summed E-state index contributed by atoms with van der Waals surface area (Å²) in [7, 11) is 0. The molecule has 32 heavy (non-hydrogen) atoms. The van der Waals surface area contributed by atoms with Crippen LogP contribution in [0.4, 0.5) is 17.1 Å². The van der Waals surface area contributed by atoms with Crippen LogP contribution in [-0.4, -0.2) is 31.0 Å². The summed E-state index contributed by atoms with van der Waals surface area (Å²) in [5.74, 6) is 0.535. The number of nitrogens with one attached hydrogen (secondary N) is 2. The van der Waals surface area contributed by atoms with Gasteiger partial charge in [0.05, 0.1) is 12.6 Å². The number of nitrogens with zero attached hydrogens (tertiary/aromatic N) is 1. The zero-order valence-electron chi connectivity index (χ0n) is 18.7. The molecule has 6 heteroatoms. The number of carbonyl (C=O) groups excluding carboxylic acids is 2. The minimum Gasteiger partial charge on any atom is -0.491 e. The smallest absolute Gasteiger partial charge is 0.258 e. The van der Waals surface area contributed by atoms with Gasteiger partial charge in [0.1, 0.15) is 5.75 Å². The maximum Gasteiger partial charge on any atom is 0.258 e. The van der Waals surface area contributed by atoms with Crippen molar-refractivity contribution >= 4 is 28.9 Å². The van der Waals surface area contributed by atoms with E-state index in [-0.39, 0.29) is 24.5 Å². The van der Waals surface area contributed by atoms with E-state index in [2.05, 4.69) is 10.6 Å². The molecule has 0 heterocycles. The fraction of sp³-hybridized carbons (Fsp3) is 0.231. The van der Waals surface area contributed by atoms with Gasteiger partial charge in [-0.05, 0) is 81.4 Å². The minimum absolute atomic E-state index is 0.0804. The highest BCUT2D eigenvalue weighted by atomic mass is 16.5. The lowest BCUT2D eigenvalue weighted by atomic mass is 10.1. The van der Waals surface area contributed by atoms with Crippen molar-refractivity contribution in [2.24, 2.45) is 0 Å². The summed E-state index contributed by atoms with van der Waals surface area (Å²) in [6.45, 7) is 6.59. The molecule has 0 aliphatic heterocycles. The molecule has 0 aliphatic carbocycles. The van der Waals surface area contributed by atoms with Crippen LogP contribution in [-0.2, 0) is 4.79 Å². The zero-order chi connectivity index (χ0) is 22.9. The van der Waals surface area contributed by atoms with Gasteiger partial charge in [0.2, 0.25) is 5.91 Å². The van der Waals surface area contributed by atoms with Crippen LogP contribution in [0.25, 0.3) is 0 Å². The van der Waals surface area contributed by atoms with Crippen LogP contribution in [0.2, 0.25) is 0 Å². The van der Waals surface area contributed by atoms with Crippen molar-refractivity contribution in [1.82, 2.24) is 0 Å². The lowest BCUT2D eigenvalue weighted by Crippen LogP contribution is -2.30. The summed E-state index contributed by atoms with van der Waals surface area (Å²) in [4.78, 5) is 26.9. The van der Waals surface area contributed by atoms with Crippen LogP contribution in [0.15, 0.2) is 78.9 Å². The monoisotopic (exact) mass is 431 g/mol. The molecule has 0 saturated carbocycles. The summed E-state index contributed by atoms with van der Waals surface area (Å²) >= 11 is 0. The van der Waals surface area contributed by atoms with Crippen LogP contribution in [0.3, 0.4) is 0 Å². The van der Waals surface area contributed by atoms with E-state index in [0.29, 0.717) is 17.8 Å². The van der Waals surface area contributed by atoms with Crippen LogP contribution in [0, 0.1) is 0 Å². The van der Waals surface area contributed by atoms with Crippen molar-refractivity contribution in [1.29, 1.82) is 0 Å². The van der Waals surface area contributed by atoms with E-state index in [9.17, 15) is 9.59 Å². The number of carbonyl (C=O) groups is 2. The molecule has 3 rings (SSSR count). The lowest BCUT2D eigenvalue weighted by Gasteiger charge is -2.21. The second-order valence-electron chi connectivity index (χ2n) is 7.56. The Morgan fingerprint density at radius 3 is 2.09 bits per heavy atom. The summed E-state index contributed by atoms with van der Waals surface area (Å²) in [5.41, 5.74) is 2.89. The van der Waals surface area contributed by atoms with E-state index in [1.54, 1.807) is 29.2 Å². The third-order valence-electron chi connectivity index (χ3n) is 4.72. The van der Waals surface area contributed by atoms with E-state index >= 15 is 0 Å². The van der Waals surface area contributed by atoms with Gasteiger partial charge >= 0.3 is 0 Å². The van der Waals surface area contributed by atoms with Crippen LogP contribution < -0.4 is 20.3 Å². The van der Waals surface area contributed by atoms with Gasteiger partial charge in [-0.2, -0.15) is 0 Å². The van der Waals surface area contributed by atoms with Gasteiger partial charge in [-0.15, -0.1) is 0 Å². The molecule has 0 radical (unpaired) electrons. The van der Waals surface area contributed by atoms with Crippen LogP contribution >= 0.6 is 0 Å². The number of benzene rings is 3. The second-order valence-corrected chi connectivity index (χ2v) is 7.56. The molecule has 166 valence electrons. The van der Waals surface area contributed by atoms with Crippen LogP contribution in [0.1, 0.15) is 31.1 Å². The minimum atomic E-state index is -0.175. The Bertz CT molecular complexity index is 1020. The molecule has 3 aromatic rings. The first kappa shape index (κ1) is 22.9. The highest BCUT2D eigenvalue weighted by molar-refractivity contribution is 6.06. The highest BCUT2D eigenvalue weighted by Gasteiger charge is 2.16. The Morgan fingerprint density at radius 1 is 0.875 bits per heavy atom. The first-order valence-corrected chi connectivity index (χ1v) is 10.7. The predicted octanol–water partition coefficient (Wildman–Crippen LogP) is 5.19. The molecule has 0 saturated heterocycles. The fourth-order valence-electron chi connectivity index (χ4n) is 3.21. The number of amides is 2. The number of rotatable bonds is 9. The Balaban J connectivity index is 1.53. The van der Waals surface area contributed by atoms with Crippen molar-refractivity contribution in [3.8, 4) is 5.75 Å². The SMILES string of the molecule is CCN(C(=O)c1ccc(NC(=O)CNc2ccc(OC(C)C)cc2)cc1)c1ccccc1. The molecular formula is C26H29N3O3. The maximum absolute atomic E-state index is 12.9. The molecule has 0 spiro atoms. The summed E-state index contributed by atoms with van der Waals surface area (Å²) < 4.78 is 5.61. The van der Waals surface area contributed by atoms with E-state index in [0.717, 1.165) is 17.1 Å². The quantitative estimate of drug-likeness (QED) is 0.489. The van der Waals surface area contributed by atoms with E-state index < -0.39 is 0 Å². The normalized spacial score (nSPS) is 10.5. The number of hydrogen-bond acceptors (Lipinski definition) is 4. The topological polar surface area (TPSA) is 70.7 Å². The van der Waals surface area contributed by atoms with Gasteiger partial charge < -0.3 is 20.3 Å². The van der Waals surface area contributed by atoms with E-state index in [1.807, 2.05) is 75.4 Å². The molecule has 6 nitrogen and oxygen atoms in total. The lowest BCUT2D eigenvalue weighted by molar-refractivity contribution is -0.114. The first-order chi connectivity index (χ1) is 15.5. The third-order valence-corrected chi connectivity index (χ3v) is 4.72. The summed E-state index contributed by atoms with van der Waals surface area (Å²) in [5, 5.41) is 5.93. The van der Waals surface area contributed by atoms with E-state index in [4.69, 9.17) is 4.74 Å². The number of para-hydroxylation sites is 1. The molecule has 0 fully saturated rings. The Labute approximate surface area is 189 Å². The molecular weight excluding hydrogens is 402 g/mol. The summed E-state index contributed by atoms with van der Waals surface area (Å²) in [6.07, 6.45) is 0.115. The molecule has 0 atom stereocenters. The van der Waals surface area contributed by atoms with E-state index in [1.165, 1.54) is 0 Å². The Kier molecular flexibility index (Phi) is 7.86. The van der Waals surface area contributed by atoms with Gasteiger partial charge in [-0.25, -0.2) is 0 Å². The molecule has 0 aliphatic rings. The molecule has 2 N–H and O–H groups in total. The Hall–Kier alpha value is -3.80. The number of anilines is 3. The van der Waals surface area contributed by atoms with Gasteiger partial charge in [-0.1, -0.05) is 18.2 Å². The van der Waals surface area contributed by atoms with Gasteiger partial charge in [0.25, 0.3) is 5.91 Å².